The molecule has 3 saturated carbocycles. The molecular weight excluding hydrogens is 765 g/mol. The molecule has 328 valence electrons. The van der Waals surface area contributed by atoms with Crippen LogP contribution in [0, 0.1) is 70.5 Å². The molecule has 0 aromatic heterocycles. The number of thioether (sulfide) groups is 1. The second-order valence-electron chi connectivity index (χ2n) is 22.5. The van der Waals surface area contributed by atoms with Gasteiger partial charge in [-0.05, 0) is 162 Å². The third-order valence-corrected chi connectivity index (χ3v) is 21.3. The lowest BCUT2D eigenvalue weighted by Crippen LogP contribution is -2.75. The van der Waals surface area contributed by atoms with Gasteiger partial charge in [-0.1, -0.05) is 80.9 Å². The van der Waals surface area contributed by atoms with E-state index in [9.17, 15) is 5.26 Å². The first kappa shape index (κ1) is 40.4. The minimum atomic E-state index is 0.00793. The molecule has 0 radical (unpaired) electrons. The summed E-state index contributed by atoms with van der Waals surface area (Å²) in [4.78, 5) is 6.13. The van der Waals surface area contributed by atoms with Crippen molar-refractivity contribution in [3.05, 3.63) is 71.5 Å². The van der Waals surface area contributed by atoms with Gasteiger partial charge in [0.15, 0.2) is 0 Å². The van der Waals surface area contributed by atoms with Crippen molar-refractivity contribution in [3.63, 3.8) is 0 Å². The number of nitriles is 1. The summed E-state index contributed by atoms with van der Waals surface area (Å²) in [6, 6.07) is 5.42. The van der Waals surface area contributed by atoms with Gasteiger partial charge in [-0.25, -0.2) is 0 Å². The van der Waals surface area contributed by atoms with Crippen molar-refractivity contribution in [1.82, 2.24) is 25.8 Å². The van der Waals surface area contributed by atoms with Crippen LogP contribution in [0.1, 0.15) is 136 Å². The van der Waals surface area contributed by atoms with Crippen LogP contribution in [0.4, 0.5) is 0 Å². The predicted molar refractivity (Wildman–Crippen MR) is 250 cm³/mol. The van der Waals surface area contributed by atoms with Crippen LogP contribution >= 0.6 is 11.8 Å². The van der Waals surface area contributed by atoms with Crippen LogP contribution in [-0.4, -0.2) is 69.0 Å². The topological polar surface area (TPSA) is 66.4 Å². The number of nitrogens with one attached hydrogen (secondary N) is 3. The third-order valence-electron chi connectivity index (χ3n) is 19.5. The number of nitrogens with zero attached hydrogens (tertiary/aromatic N) is 3. The minimum Gasteiger partial charge on any atom is -0.360 e. The fraction of sp³-hybridized carbons (Fsp3) is 0.759. The summed E-state index contributed by atoms with van der Waals surface area (Å²) in [6.07, 6.45) is 47.6. The normalized spacial score (nSPS) is 50.2. The van der Waals surface area contributed by atoms with Gasteiger partial charge in [0, 0.05) is 52.2 Å². The van der Waals surface area contributed by atoms with E-state index in [1.807, 2.05) is 5.57 Å². The molecule has 3 saturated heterocycles. The van der Waals surface area contributed by atoms with Crippen molar-refractivity contribution in [2.45, 2.75) is 195 Å². The standard InChI is InChI=1S/C54H76N6S/c1-32-15-12-22-39-40-23-13-16-33(2)50(40)60(49(32)39)47-30-46(59-44-26-9-6-19-36(44)37-20-7-10-27-45(37)59)35(31-55)29-43(47)54-57-52(34-17-4-3-5-18-34)56-53(58-54)42-25-14-24-41-38-21-8-11-28-48(38)61-51(41)42/h3-4,9-10,12,21-22,26-27,32-36,39-44,46-54,56-58H,5-8,11,13-20,23-25,28-30H2,1-2H3. The zero-order valence-corrected chi connectivity index (χ0v) is 38.2. The molecule has 0 amide bonds. The van der Waals surface area contributed by atoms with Crippen LogP contribution in [0.15, 0.2) is 71.5 Å². The van der Waals surface area contributed by atoms with Gasteiger partial charge in [-0.15, -0.1) is 11.8 Å². The molecule has 3 N–H and O–H groups in total. The molecule has 7 heteroatoms. The highest BCUT2D eigenvalue weighted by molar-refractivity contribution is 8.01. The maximum atomic E-state index is 11.5. The van der Waals surface area contributed by atoms with Crippen molar-refractivity contribution in [2.75, 3.05) is 0 Å². The lowest BCUT2D eigenvalue weighted by Gasteiger charge is -2.57. The van der Waals surface area contributed by atoms with Crippen molar-refractivity contribution < 1.29 is 0 Å². The SMILES string of the molecule is CC1CC=CC2C3CCCC(C)C3N(C3CC(N4C5=C(CCC=C5)C5CCC=CC54)C(C#N)CC3C3NC(C4CC=CCC4)NC(C4CCCC5C6=CCCCC6SC54)N3)C12. The van der Waals surface area contributed by atoms with Gasteiger partial charge in [0.25, 0.3) is 0 Å². The first-order chi connectivity index (χ1) is 30.1. The van der Waals surface area contributed by atoms with Gasteiger partial charge >= 0.3 is 0 Å². The predicted octanol–water partition coefficient (Wildman–Crippen LogP) is 10.4. The highest BCUT2D eigenvalue weighted by Gasteiger charge is 2.60. The van der Waals surface area contributed by atoms with Gasteiger partial charge in [0.05, 0.1) is 36.5 Å². The molecule has 0 aromatic carbocycles. The van der Waals surface area contributed by atoms with Crippen molar-refractivity contribution in [1.29, 1.82) is 5.26 Å². The fourth-order valence-corrected chi connectivity index (χ4v) is 19.1. The smallest absolute Gasteiger partial charge is 0.0677 e. The maximum Gasteiger partial charge on any atom is 0.0677 e. The second-order valence-corrected chi connectivity index (χ2v) is 23.9. The summed E-state index contributed by atoms with van der Waals surface area (Å²) in [5.74, 6) is 5.80. The summed E-state index contributed by atoms with van der Waals surface area (Å²) in [5.41, 5.74) is 5.05. The Morgan fingerprint density at radius 1 is 0.689 bits per heavy atom. The monoisotopic (exact) mass is 841 g/mol. The molecule has 12 aliphatic rings. The van der Waals surface area contributed by atoms with Crippen LogP contribution in [0.5, 0.6) is 0 Å². The molecule has 8 aliphatic carbocycles. The van der Waals surface area contributed by atoms with Gasteiger partial charge < -0.3 is 4.90 Å². The quantitative estimate of drug-likeness (QED) is 0.238. The highest BCUT2D eigenvalue weighted by Crippen LogP contribution is 2.58. The van der Waals surface area contributed by atoms with E-state index in [-0.39, 0.29) is 18.1 Å². The maximum absolute atomic E-state index is 11.5. The third kappa shape index (κ3) is 6.82. The molecule has 4 heterocycles. The van der Waals surface area contributed by atoms with Gasteiger partial charge in [-0.2, -0.15) is 5.26 Å². The first-order valence-electron chi connectivity index (χ1n) is 26.0. The summed E-state index contributed by atoms with van der Waals surface area (Å²) in [7, 11) is 0. The van der Waals surface area contributed by atoms with E-state index < -0.39 is 0 Å². The number of rotatable bonds is 5. The van der Waals surface area contributed by atoms with Crippen LogP contribution in [0.2, 0.25) is 0 Å². The number of fused-ring (bicyclic) bond motifs is 8. The number of allylic oxidation sites excluding steroid dienone is 7. The molecule has 20 atom stereocenters. The molecule has 20 unspecified atom stereocenters. The Hall–Kier alpha value is -2.08. The van der Waals surface area contributed by atoms with E-state index in [1.165, 1.54) is 115 Å². The van der Waals surface area contributed by atoms with Crippen molar-refractivity contribution in [3.8, 4) is 6.07 Å². The minimum absolute atomic E-state index is 0.00793. The van der Waals surface area contributed by atoms with Gasteiger partial charge in [-0.3, -0.25) is 20.9 Å². The lowest BCUT2D eigenvalue weighted by molar-refractivity contribution is -0.0517. The average Bonchev–Trinajstić information content (AvgIpc) is 3.98. The van der Waals surface area contributed by atoms with E-state index >= 15 is 0 Å². The van der Waals surface area contributed by atoms with Crippen molar-refractivity contribution >= 4 is 11.8 Å². The van der Waals surface area contributed by atoms with E-state index in [1.54, 1.807) is 5.57 Å². The van der Waals surface area contributed by atoms with Crippen molar-refractivity contribution in [2.24, 2.45) is 59.2 Å². The average molecular weight is 841 g/mol. The zero-order valence-electron chi connectivity index (χ0n) is 37.4. The number of hydrogen-bond acceptors (Lipinski definition) is 7. The number of likely N-dealkylation sites (tertiary alicyclic amines) is 1. The molecular formula is C54H76N6S. The Labute approximate surface area is 373 Å². The van der Waals surface area contributed by atoms with Gasteiger partial charge in [0.1, 0.15) is 0 Å². The Morgan fingerprint density at radius 2 is 1.54 bits per heavy atom. The Balaban J connectivity index is 0.945. The van der Waals surface area contributed by atoms with Crippen LogP contribution in [-0.2, 0) is 0 Å². The van der Waals surface area contributed by atoms with E-state index in [0.29, 0.717) is 83.2 Å². The molecule has 61 heavy (non-hydrogen) atoms. The summed E-state index contributed by atoms with van der Waals surface area (Å²) < 4.78 is 0. The molecule has 6 fully saturated rings. The van der Waals surface area contributed by atoms with Gasteiger partial charge in [0.2, 0.25) is 0 Å². The molecule has 0 spiro atoms. The van der Waals surface area contributed by atoms with Crippen LogP contribution in [0.3, 0.4) is 0 Å². The second kappa shape index (κ2) is 16.7. The summed E-state index contributed by atoms with van der Waals surface area (Å²) in [5, 5.41) is 26.4. The van der Waals surface area contributed by atoms with E-state index in [2.05, 4.69) is 112 Å². The van der Waals surface area contributed by atoms with Crippen LogP contribution in [0.25, 0.3) is 0 Å². The number of hydrogen-bond donors (Lipinski definition) is 3. The Kier molecular flexibility index (Phi) is 11.1. The molecule has 0 bridgehead atoms. The summed E-state index contributed by atoms with van der Waals surface area (Å²) in [6.45, 7) is 5.22. The fourth-order valence-electron chi connectivity index (χ4n) is 17.0. The first-order valence-corrected chi connectivity index (χ1v) is 27.0. The molecule has 0 aromatic rings. The highest BCUT2D eigenvalue weighted by atomic mass is 32.2. The molecule has 12 rings (SSSR count). The van der Waals surface area contributed by atoms with Crippen LogP contribution < -0.4 is 16.0 Å². The molecule has 6 nitrogen and oxygen atoms in total. The Bertz CT molecular complexity index is 1890. The zero-order chi connectivity index (χ0) is 40.8. The largest absolute Gasteiger partial charge is 0.360 e. The summed E-state index contributed by atoms with van der Waals surface area (Å²) >= 11 is 2.38. The lowest BCUT2D eigenvalue weighted by atomic mass is 9.69. The van der Waals surface area contributed by atoms with E-state index in [0.717, 1.165) is 29.9 Å². The Morgan fingerprint density at radius 3 is 2.43 bits per heavy atom. The molecule has 4 aliphatic heterocycles. The van der Waals surface area contributed by atoms with E-state index in [4.69, 9.17) is 0 Å².